The quantitative estimate of drug-likeness (QED) is 0.831. The highest BCUT2D eigenvalue weighted by Crippen LogP contribution is 2.24. The maximum Gasteiger partial charge on any atom is 0.137 e. The average molecular weight is 293 g/mol. The van der Waals surface area contributed by atoms with E-state index < -0.39 is 0 Å². The van der Waals surface area contributed by atoms with Crippen molar-refractivity contribution in [3.05, 3.63) is 24.0 Å². The van der Waals surface area contributed by atoms with Gasteiger partial charge in [-0.2, -0.15) is 0 Å². The summed E-state index contributed by atoms with van der Waals surface area (Å²) < 4.78 is 11.3. The molecule has 0 radical (unpaired) electrons. The molecule has 118 valence electrons. The molecule has 2 rings (SSSR count). The fourth-order valence-electron chi connectivity index (χ4n) is 2.85. The van der Waals surface area contributed by atoms with Crippen molar-refractivity contribution >= 4 is 0 Å². The first kappa shape index (κ1) is 16.2. The molecule has 1 aliphatic heterocycles. The van der Waals surface area contributed by atoms with E-state index >= 15 is 0 Å². The van der Waals surface area contributed by atoms with Crippen LogP contribution in [0.5, 0.6) is 5.75 Å². The van der Waals surface area contributed by atoms with E-state index in [1.165, 1.54) is 6.42 Å². The molecule has 2 atom stereocenters. The Morgan fingerprint density at radius 2 is 2.33 bits per heavy atom. The molecule has 0 aliphatic carbocycles. The molecule has 1 aliphatic rings. The van der Waals surface area contributed by atoms with Gasteiger partial charge in [0.25, 0.3) is 0 Å². The van der Waals surface area contributed by atoms with Crippen molar-refractivity contribution in [1.29, 1.82) is 0 Å². The van der Waals surface area contributed by atoms with Gasteiger partial charge in [-0.3, -0.25) is 9.88 Å². The van der Waals surface area contributed by atoms with Crippen LogP contribution in [0, 0.1) is 0 Å². The smallest absolute Gasteiger partial charge is 0.137 e. The molecule has 1 aromatic heterocycles. The molecule has 1 aromatic rings. The van der Waals surface area contributed by atoms with Crippen LogP contribution in [0.4, 0.5) is 0 Å². The predicted octanol–water partition coefficient (Wildman–Crippen LogP) is 1.85. The first-order chi connectivity index (χ1) is 10.3. The summed E-state index contributed by atoms with van der Waals surface area (Å²) in [5.74, 6) is 0.789. The summed E-state index contributed by atoms with van der Waals surface area (Å²) in [5.41, 5.74) is 1.12. The van der Waals surface area contributed by atoms with Crippen molar-refractivity contribution in [2.24, 2.45) is 0 Å². The molecule has 5 heteroatoms. The Labute approximate surface area is 127 Å². The van der Waals surface area contributed by atoms with Gasteiger partial charge in [0, 0.05) is 19.3 Å². The molecule has 0 aromatic carbocycles. The van der Waals surface area contributed by atoms with Crippen LogP contribution >= 0.6 is 0 Å². The number of hydrogen-bond acceptors (Lipinski definition) is 5. The molecule has 5 nitrogen and oxygen atoms in total. The highest BCUT2D eigenvalue weighted by Gasteiger charge is 2.29. The lowest BCUT2D eigenvalue weighted by atomic mass is 10.0. The third kappa shape index (κ3) is 4.40. The lowest BCUT2D eigenvalue weighted by Gasteiger charge is -2.37. The van der Waals surface area contributed by atoms with Gasteiger partial charge in [0.2, 0.25) is 0 Å². The van der Waals surface area contributed by atoms with Crippen LogP contribution in [0.1, 0.15) is 31.9 Å². The van der Waals surface area contributed by atoms with Crippen LogP contribution in [-0.4, -0.2) is 55.9 Å². The van der Waals surface area contributed by atoms with E-state index in [9.17, 15) is 0 Å². The van der Waals surface area contributed by atoms with Crippen molar-refractivity contribution in [2.45, 2.75) is 32.4 Å². The Kier molecular flexibility index (Phi) is 6.42. The topological polar surface area (TPSA) is 46.6 Å². The minimum atomic E-state index is 0.150. The van der Waals surface area contributed by atoms with Gasteiger partial charge in [0.1, 0.15) is 5.75 Å². The van der Waals surface area contributed by atoms with Crippen LogP contribution in [0.2, 0.25) is 0 Å². The Morgan fingerprint density at radius 3 is 3.05 bits per heavy atom. The molecule has 2 heterocycles. The zero-order valence-corrected chi connectivity index (χ0v) is 13.3. The molecule has 21 heavy (non-hydrogen) atoms. The van der Waals surface area contributed by atoms with E-state index in [4.69, 9.17) is 9.47 Å². The van der Waals surface area contributed by atoms with Crippen molar-refractivity contribution < 1.29 is 9.47 Å². The number of methoxy groups -OCH3 is 1. The monoisotopic (exact) mass is 293 g/mol. The van der Waals surface area contributed by atoms with Crippen LogP contribution in [0.3, 0.4) is 0 Å². The number of nitrogens with one attached hydrogen (secondary N) is 1. The number of ether oxygens (including phenoxy) is 2. The summed E-state index contributed by atoms with van der Waals surface area (Å²) in [6.07, 6.45) is 4.97. The molecule has 2 unspecified atom stereocenters. The lowest BCUT2D eigenvalue weighted by Crippen LogP contribution is -2.48. The maximum absolute atomic E-state index is 6.02. The SMILES string of the molecule is CCCN1CCOC(C(NCC)c2cncc(OC)c2)C1. The van der Waals surface area contributed by atoms with Crippen LogP contribution < -0.4 is 10.1 Å². The first-order valence-electron chi connectivity index (χ1n) is 7.84. The van der Waals surface area contributed by atoms with Crippen LogP contribution in [0.25, 0.3) is 0 Å². The van der Waals surface area contributed by atoms with E-state index in [2.05, 4.69) is 29.0 Å². The zero-order chi connectivity index (χ0) is 15.1. The van der Waals surface area contributed by atoms with Crippen LogP contribution in [0.15, 0.2) is 18.5 Å². The molecule has 1 saturated heterocycles. The molecule has 1 fully saturated rings. The second-order valence-electron chi connectivity index (χ2n) is 5.40. The van der Waals surface area contributed by atoms with Crippen LogP contribution in [-0.2, 0) is 4.74 Å². The number of hydrogen-bond donors (Lipinski definition) is 1. The molecule has 1 N–H and O–H groups in total. The summed E-state index contributed by atoms with van der Waals surface area (Å²) >= 11 is 0. The van der Waals surface area contributed by atoms with Gasteiger partial charge in [-0.1, -0.05) is 13.8 Å². The van der Waals surface area contributed by atoms with Crippen molar-refractivity contribution in [2.75, 3.05) is 39.9 Å². The number of likely N-dealkylation sites (N-methyl/N-ethyl adjacent to an activating group) is 1. The summed E-state index contributed by atoms with van der Waals surface area (Å²) in [6.45, 7) is 9.16. The highest BCUT2D eigenvalue weighted by molar-refractivity contribution is 5.27. The summed E-state index contributed by atoms with van der Waals surface area (Å²) in [7, 11) is 1.67. The van der Waals surface area contributed by atoms with E-state index in [0.717, 1.165) is 44.1 Å². The van der Waals surface area contributed by atoms with Gasteiger partial charge in [0.05, 0.1) is 32.1 Å². The number of aromatic nitrogens is 1. The minimum absolute atomic E-state index is 0.150. The third-order valence-corrected chi connectivity index (χ3v) is 3.84. The van der Waals surface area contributed by atoms with E-state index in [1.807, 2.05) is 12.3 Å². The Bertz CT molecular complexity index is 426. The number of pyridine rings is 1. The largest absolute Gasteiger partial charge is 0.495 e. The second-order valence-corrected chi connectivity index (χ2v) is 5.40. The number of rotatable bonds is 7. The predicted molar refractivity (Wildman–Crippen MR) is 83.7 cm³/mol. The Balaban J connectivity index is 2.13. The highest BCUT2D eigenvalue weighted by atomic mass is 16.5. The Hall–Kier alpha value is -1.17. The summed E-state index contributed by atoms with van der Waals surface area (Å²) in [6, 6.07) is 2.19. The van der Waals surface area contributed by atoms with Crippen molar-refractivity contribution in [3.63, 3.8) is 0 Å². The fourth-order valence-corrected chi connectivity index (χ4v) is 2.85. The van der Waals surface area contributed by atoms with E-state index in [1.54, 1.807) is 13.3 Å². The average Bonchev–Trinajstić information content (AvgIpc) is 2.53. The summed E-state index contributed by atoms with van der Waals surface area (Å²) in [4.78, 5) is 6.75. The van der Waals surface area contributed by atoms with Gasteiger partial charge < -0.3 is 14.8 Å². The fraction of sp³-hybridized carbons (Fsp3) is 0.688. The van der Waals surface area contributed by atoms with Gasteiger partial charge >= 0.3 is 0 Å². The maximum atomic E-state index is 6.02. The second kappa shape index (κ2) is 8.32. The molecule has 0 bridgehead atoms. The molecular formula is C16H27N3O2. The molecule has 0 spiro atoms. The first-order valence-corrected chi connectivity index (χ1v) is 7.84. The van der Waals surface area contributed by atoms with Gasteiger partial charge in [-0.05, 0) is 31.1 Å². The number of morpholine rings is 1. The molecule has 0 amide bonds. The van der Waals surface area contributed by atoms with E-state index in [-0.39, 0.29) is 12.1 Å². The van der Waals surface area contributed by atoms with Crippen molar-refractivity contribution in [1.82, 2.24) is 15.2 Å². The molecule has 0 saturated carbocycles. The Morgan fingerprint density at radius 1 is 1.48 bits per heavy atom. The summed E-state index contributed by atoms with van der Waals surface area (Å²) in [5, 5.41) is 3.54. The third-order valence-electron chi connectivity index (χ3n) is 3.84. The van der Waals surface area contributed by atoms with Gasteiger partial charge in [0.15, 0.2) is 0 Å². The van der Waals surface area contributed by atoms with Gasteiger partial charge in [-0.15, -0.1) is 0 Å². The molecular weight excluding hydrogens is 266 g/mol. The van der Waals surface area contributed by atoms with Crippen molar-refractivity contribution in [3.8, 4) is 5.75 Å². The number of nitrogens with zero attached hydrogens (tertiary/aromatic N) is 2. The zero-order valence-electron chi connectivity index (χ0n) is 13.3. The van der Waals surface area contributed by atoms with Gasteiger partial charge in [-0.25, -0.2) is 0 Å². The normalized spacial score (nSPS) is 21.2. The lowest BCUT2D eigenvalue weighted by molar-refractivity contribution is -0.0468. The van der Waals surface area contributed by atoms with E-state index in [0.29, 0.717) is 0 Å². The minimum Gasteiger partial charge on any atom is -0.495 e. The standard InChI is InChI=1S/C16H27N3O2/c1-4-6-19-7-8-21-15(12-19)16(18-5-2)13-9-14(20-3)11-17-10-13/h9-11,15-16,18H,4-8,12H2,1-3H3.